The molecule has 0 spiro atoms. The van der Waals surface area contributed by atoms with Gasteiger partial charge in [-0.15, -0.1) is 0 Å². The molecule has 13 heavy (non-hydrogen) atoms. The van der Waals surface area contributed by atoms with Gasteiger partial charge in [-0.2, -0.15) is 0 Å². The van der Waals surface area contributed by atoms with Gasteiger partial charge in [0.1, 0.15) is 12.0 Å². The highest BCUT2D eigenvalue weighted by Crippen LogP contribution is 2.29. The van der Waals surface area contributed by atoms with E-state index in [4.69, 9.17) is 4.52 Å². The maximum Gasteiger partial charge on any atom is 0.124 e. The lowest BCUT2D eigenvalue weighted by atomic mass is 10.2. The summed E-state index contributed by atoms with van der Waals surface area (Å²) in [6.07, 6.45) is 1.56. The molecule has 2 aromatic rings. The van der Waals surface area contributed by atoms with Crippen LogP contribution < -0.4 is 0 Å². The number of rotatable bonds is 1. The van der Waals surface area contributed by atoms with Crippen molar-refractivity contribution in [2.75, 3.05) is 0 Å². The molecule has 0 saturated heterocycles. The Kier molecular flexibility index (Phi) is 2.51. The Morgan fingerprint density at radius 2 is 2.00 bits per heavy atom. The zero-order valence-corrected chi connectivity index (χ0v) is 9.67. The second-order valence-electron chi connectivity index (χ2n) is 2.51. The lowest BCUT2D eigenvalue weighted by Crippen LogP contribution is -1.78. The van der Waals surface area contributed by atoms with Crippen molar-refractivity contribution >= 4 is 31.9 Å². The average molecular weight is 303 g/mol. The van der Waals surface area contributed by atoms with E-state index in [9.17, 15) is 0 Å². The van der Waals surface area contributed by atoms with Gasteiger partial charge in [0.2, 0.25) is 0 Å². The Hall–Kier alpha value is -0.610. The van der Waals surface area contributed by atoms with E-state index in [2.05, 4.69) is 37.0 Å². The lowest BCUT2D eigenvalue weighted by Gasteiger charge is -1.99. The highest BCUT2D eigenvalue weighted by atomic mass is 79.9. The third kappa shape index (κ3) is 1.84. The van der Waals surface area contributed by atoms with Crippen molar-refractivity contribution in [3.8, 4) is 11.3 Å². The molecule has 2 nitrogen and oxygen atoms in total. The van der Waals surface area contributed by atoms with E-state index in [-0.39, 0.29) is 0 Å². The molecule has 0 amide bonds. The predicted octanol–water partition coefficient (Wildman–Crippen LogP) is 3.87. The van der Waals surface area contributed by atoms with Gasteiger partial charge in [0.25, 0.3) is 0 Å². The fraction of sp³-hybridized carbons (Fsp3) is 0. The number of benzene rings is 1. The van der Waals surface area contributed by atoms with Gasteiger partial charge in [-0.05, 0) is 12.1 Å². The molecular weight excluding hydrogens is 298 g/mol. The van der Waals surface area contributed by atoms with Gasteiger partial charge >= 0.3 is 0 Å². The van der Waals surface area contributed by atoms with Crippen molar-refractivity contribution < 1.29 is 4.52 Å². The van der Waals surface area contributed by atoms with Crippen LogP contribution in [-0.4, -0.2) is 5.16 Å². The van der Waals surface area contributed by atoms with E-state index in [1.54, 1.807) is 6.26 Å². The normalized spacial score (nSPS) is 10.3. The van der Waals surface area contributed by atoms with Crippen molar-refractivity contribution in [2.45, 2.75) is 0 Å². The Labute approximate surface area is 92.2 Å². The number of hydrogen-bond donors (Lipinski definition) is 0. The van der Waals surface area contributed by atoms with Gasteiger partial charge in [0, 0.05) is 20.6 Å². The first kappa shape index (κ1) is 8.97. The number of nitrogens with zero attached hydrogens (tertiary/aromatic N) is 1. The summed E-state index contributed by atoms with van der Waals surface area (Å²) < 4.78 is 6.80. The van der Waals surface area contributed by atoms with Crippen LogP contribution in [0, 0.1) is 0 Å². The van der Waals surface area contributed by atoms with E-state index in [1.165, 1.54) is 0 Å². The van der Waals surface area contributed by atoms with Gasteiger partial charge in [-0.25, -0.2) is 0 Å². The van der Waals surface area contributed by atoms with Crippen LogP contribution in [0.25, 0.3) is 11.3 Å². The largest absolute Gasteiger partial charge is 0.364 e. The minimum absolute atomic E-state index is 0.833. The molecule has 0 N–H and O–H groups in total. The van der Waals surface area contributed by atoms with Crippen LogP contribution in [0.15, 0.2) is 44.0 Å². The summed E-state index contributed by atoms with van der Waals surface area (Å²) >= 11 is 6.84. The lowest BCUT2D eigenvalue weighted by molar-refractivity contribution is 0.422. The highest BCUT2D eigenvalue weighted by Gasteiger charge is 2.05. The van der Waals surface area contributed by atoms with Crippen LogP contribution in [0.1, 0.15) is 0 Å². The van der Waals surface area contributed by atoms with Gasteiger partial charge < -0.3 is 4.52 Å². The fourth-order valence-electron chi connectivity index (χ4n) is 1.05. The van der Waals surface area contributed by atoms with Crippen molar-refractivity contribution in [1.29, 1.82) is 0 Å². The predicted molar refractivity (Wildman–Crippen MR) is 57.3 cm³/mol. The van der Waals surface area contributed by atoms with Crippen LogP contribution >= 0.6 is 31.9 Å². The summed E-state index contributed by atoms with van der Waals surface area (Å²) in [5.41, 5.74) is 1.86. The van der Waals surface area contributed by atoms with E-state index in [0.717, 1.165) is 20.2 Å². The molecule has 0 aliphatic carbocycles. The first-order chi connectivity index (χ1) is 6.27. The maximum absolute atomic E-state index is 4.77. The number of halogens is 2. The first-order valence-electron chi connectivity index (χ1n) is 3.63. The molecule has 2 rings (SSSR count). The molecule has 0 radical (unpaired) electrons. The van der Waals surface area contributed by atoms with E-state index >= 15 is 0 Å². The molecule has 0 atom stereocenters. The van der Waals surface area contributed by atoms with Gasteiger partial charge in [-0.1, -0.05) is 43.1 Å². The molecular formula is C9H5Br2NO. The third-order valence-electron chi connectivity index (χ3n) is 1.64. The van der Waals surface area contributed by atoms with E-state index in [0.29, 0.717) is 0 Å². The molecule has 0 aliphatic rings. The van der Waals surface area contributed by atoms with Gasteiger partial charge in [-0.3, -0.25) is 0 Å². The minimum Gasteiger partial charge on any atom is -0.364 e. The van der Waals surface area contributed by atoms with Crippen molar-refractivity contribution in [3.05, 3.63) is 39.5 Å². The quantitative estimate of drug-likeness (QED) is 0.799. The zero-order valence-electron chi connectivity index (χ0n) is 6.50. The summed E-state index contributed by atoms with van der Waals surface area (Å²) in [4.78, 5) is 0. The zero-order chi connectivity index (χ0) is 9.26. The Balaban J connectivity index is 2.53. The molecule has 0 bridgehead atoms. The van der Waals surface area contributed by atoms with Gasteiger partial charge in [0.05, 0.1) is 0 Å². The van der Waals surface area contributed by atoms with Crippen LogP contribution in [0.5, 0.6) is 0 Å². The minimum atomic E-state index is 0.833. The Morgan fingerprint density at radius 3 is 2.62 bits per heavy atom. The Morgan fingerprint density at radius 1 is 1.15 bits per heavy atom. The van der Waals surface area contributed by atoms with Crippen LogP contribution in [0.4, 0.5) is 0 Å². The topological polar surface area (TPSA) is 26.0 Å². The van der Waals surface area contributed by atoms with Crippen LogP contribution in [0.3, 0.4) is 0 Å². The smallest absolute Gasteiger partial charge is 0.124 e. The SMILES string of the molecule is Brc1ccc(-c2ccon2)c(Br)c1. The number of hydrogen-bond acceptors (Lipinski definition) is 2. The summed E-state index contributed by atoms with van der Waals surface area (Å²) in [6.45, 7) is 0. The average Bonchev–Trinajstić information content (AvgIpc) is 2.56. The summed E-state index contributed by atoms with van der Waals surface area (Å²) in [6, 6.07) is 7.75. The third-order valence-corrected chi connectivity index (χ3v) is 2.79. The van der Waals surface area contributed by atoms with Crippen molar-refractivity contribution in [2.24, 2.45) is 0 Å². The second-order valence-corrected chi connectivity index (χ2v) is 4.28. The van der Waals surface area contributed by atoms with E-state index < -0.39 is 0 Å². The Bertz CT molecular complexity index is 412. The van der Waals surface area contributed by atoms with E-state index in [1.807, 2.05) is 24.3 Å². The van der Waals surface area contributed by atoms with Crippen molar-refractivity contribution in [1.82, 2.24) is 5.16 Å². The fourth-order valence-corrected chi connectivity index (χ4v) is 2.30. The molecule has 1 aromatic heterocycles. The van der Waals surface area contributed by atoms with Crippen molar-refractivity contribution in [3.63, 3.8) is 0 Å². The molecule has 0 unspecified atom stereocenters. The van der Waals surface area contributed by atoms with Crippen LogP contribution in [0.2, 0.25) is 0 Å². The molecule has 0 saturated carbocycles. The molecule has 0 aliphatic heterocycles. The second kappa shape index (κ2) is 3.64. The standard InChI is InChI=1S/C9H5Br2NO/c10-6-1-2-7(8(11)5-6)9-3-4-13-12-9/h1-5H. The first-order valence-corrected chi connectivity index (χ1v) is 5.22. The summed E-state index contributed by atoms with van der Waals surface area (Å²) in [5, 5.41) is 3.86. The summed E-state index contributed by atoms with van der Waals surface area (Å²) in [7, 11) is 0. The van der Waals surface area contributed by atoms with Gasteiger partial charge in [0.15, 0.2) is 0 Å². The van der Waals surface area contributed by atoms with Crippen LogP contribution in [-0.2, 0) is 0 Å². The molecule has 1 heterocycles. The summed E-state index contributed by atoms with van der Waals surface area (Å²) in [5.74, 6) is 0. The molecule has 0 fully saturated rings. The maximum atomic E-state index is 4.77. The highest BCUT2D eigenvalue weighted by molar-refractivity contribution is 9.11. The monoisotopic (exact) mass is 301 g/mol. The number of aromatic nitrogens is 1. The molecule has 4 heteroatoms. The molecule has 1 aromatic carbocycles. The molecule has 66 valence electrons.